The van der Waals surface area contributed by atoms with Gasteiger partial charge in [-0.05, 0) is 115 Å². The van der Waals surface area contributed by atoms with Crippen molar-refractivity contribution in [2.75, 3.05) is 13.2 Å². The van der Waals surface area contributed by atoms with Crippen LogP contribution in [0.3, 0.4) is 0 Å². The minimum atomic E-state index is -4.13. The van der Waals surface area contributed by atoms with E-state index in [1.54, 1.807) is 24.8 Å². The van der Waals surface area contributed by atoms with Gasteiger partial charge in [0.15, 0.2) is 9.84 Å². The maximum Gasteiger partial charge on any atom is 0.311 e. The molecule has 6 rings (SSSR count). The quantitative estimate of drug-likeness (QED) is 0.0137. The molecular weight excluding hydrogens is 1340 g/mol. The van der Waals surface area contributed by atoms with E-state index in [1.807, 2.05) is 60.7 Å². The molecule has 29 heteroatoms. The zero-order valence-corrected chi connectivity index (χ0v) is 60.1. The molecule has 2 aromatic heterocycles. The number of aliphatic hydroxyl groups excluding tert-OH is 3. The first-order valence-corrected chi connectivity index (χ1v) is 39.2. The fraction of sp³-hybridized carbons (Fsp3) is 0.627. The number of sulfone groups is 1. The van der Waals surface area contributed by atoms with E-state index in [9.17, 15) is 69.3 Å². The molecule has 1 amide bonds. The van der Waals surface area contributed by atoms with E-state index in [2.05, 4.69) is 21.5 Å². The van der Waals surface area contributed by atoms with Gasteiger partial charge in [0.2, 0.25) is 15.9 Å². The van der Waals surface area contributed by atoms with E-state index in [0.29, 0.717) is 106 Å². The van der Waals surface area contributed by atoms with E-state index >= 15 is 0 Å². The van der Waals surface area contributed by atoms with Gasteiger partial charge in [-0.2, -0.15) is 12.8 Å². The number of primary sulfonamides is 1. The molecule has 534 valence electrons. The summed E-state index contributed by atoms with van der Waals surface area (Å²) in [7, 11) is -11.9. The number of thiophene rings is 1. The number of benzene rings is 1. The highest BCUT2D eigenvalue weighted by atomic mass is 32.3. The number of aryl methyl sites for hydroxylation is 1. The van der Waals surface area contributed by atoms with Crippen molar-refractivity contribution in [2.45, 2.75) is 244 Å². The molecule has 0 unspecified atom stereocenters. The third-order valence-corrected chi connectivity index (χ3v) is 25.0. The predicted molar refractivity (Wildman–Crippen MR) is 363 cm³/mol. The lowest BCUT2D eigenvalue weighted by Gasteiger charge is -2.36. The second-order valence-electron chi connectivity index (χ2n) is 24.7. The molecule has 3 aromatic rings. The third kappa shape index (κ3) is 26.1. The van der Waals surface area contributed by atoms with Crippen molar-refractivity contribution < 1.29 is 88.3 Å². The normalized spacial score (nSPS) is 23.2. The first-order chi connectivity index (χ1) is 45.4. The van der Waals surface area contributed by atoms with E-state index in [-0.39, 0.29) is 98.9 Å². The number of allylic oxidation sites excluding steroid dienone is 4. The molecule has 12 atom stereocenters. The summed E-state index contributed by atoms with van der Waals surface area (Å²) in [6, 6.07) is 10.5. The molecule has 1 aliphatic heterocycles. The van der Waals surface area contributed by atoms with Crippen LogP contribution in [0.4, 0.5) is 0 Å². The maximum absolute atomic E-state index is 13.5. The lowest BCUT2D eigenvalue weighted by atomic mass is 9.85. The number of nitrogens with zero attached hydrogens (tertiary/aromatic N) is 4. The number of aliphatic hydroxyl groups is 3. The summed E-state index contributed by atoms with van der Waals surface area (Å²) in [5.74, 6) is -2.62. The van der Waals surface area contributed by atoms with Gasteiger partial charge in [0.05, 0.1) is 42.6 Å². The summed E-state index contributed by atoms with van der Waals surface area (Å²) in [5.41, 5.74) is 1.41. The van der Waals surface area contributed by atoms with Crippen LogP contribution in [0.2, 0.25) is 0 Å². The van der Waals surface area contributed by atoms with Crippen LogP contribution in [0.25, 0.3) is 0 Å². The molecule has 0 saturated heterocycles. The Labute approximate surface area is 573 Å². The van der Waals surface area contributed by atoms with Gasteiger partial charge in [0.1, 0.15) is 37.5 Å². The molecule has 2 aliphatic carbocycles. The van der Waals surface area contributed by atoms with Gasteiger partial charge in [-0.3, -0.25) is 28.8 Å². The topological polar surface area (TPSA) is 370 Å². The number of ketones is 1. The van der Waals surface area contributed by atoms with Crippen molar-refractivity contribution in [1.82, 2.24) is 15.1 Å². The number of amides is 1. The van der Waals surface area contributed by atoms with Crippen molar-refractivity contribution in [3.8, 4) is 0 Å². The Bertz CT molecular complexity index is 3500. The van der Waals surface area contributed by atoms with E-state index in [4.69, 9.17) is 24.1 Å². The van der Waals surface area contributed by atoms with Crippen molar-refractivity contribution in [1.29, 1.82) is 0 Å². The Morgan fingerprint density at radius 2 is 1.41 bits per heavy atom. The number of unbranched alkanes of at least 4 members (excludes halogenated alkanes) is 4. The number of esters is 4. The van der Waals surface area contributed by atoms with Crippen molar-refractivity contribution in [3.05, 3.63) is 89.0 Å². The Balaban J connectivity index is 0.000000353. The van der Waals surface area contributed by atoms with Gasteiger partial charge in [-0.15, -0.1) is 21.5 Å². The van der Waals surface area contributed by atoms with E-state index < -0.39 is 89.6 Å². The molecule has 3 aliphatic rings. The largest absolute Gasteiger partial charge is 0.465 e. The van der Waals surface area contributed by atoms with Crippen LogP contribution in [0, 0.1) is 23.7 Å². The summed E-state index contributed by atoms with van der Waals surface area (Å²) in [6.07, 6.45) is 20.7. The first-order valence-electron chi connectivity index (χ1n) is 33.0. The number of nitrogens with two attached hydrogens (primary N) is 1. The van der Waals surface area contributed by atoms with Crippen LogP contribution in [0.5, 0.6) is 0 Å². The molecule has 5 N–H and O–H groups in total. The summed E-state index contributed by atoms with van der Waals surface area (Å²) in [5, 5.41) is 43.9. The van der Waals surface area contributed by atoms with Crippen molar-refractivity contribution in [2.24, 2.45) is 33.2 Å². The molecule has 1 aromatic carbocycles. The van der Waals surface area contributed by atoms with Gasteiger partial charge in [0, 0.05) is 89.0 Å². The third-order valence-electron chi connectivity index (χ3n) is 17.1. The van der Waals surface area contributed by atoms with Crippen LogP contribution in [0.15, 0.2) is 90.0 Å². The fourth-order valence-electron chi connectivity index (χ4n) is 12.4. The zero-order chi connectivity index (χ0) is 70.8. The summed E-state index contributed by atoms with van der Waals surface area (Å²) >= 11 is 1.42. The van der Waals surface area contributed by atoms with Crippen LogP contribution in [0.1, 0.15) is 193 Å². The Kier molecular flexibility index (Phi) is 33.3. The number of ether oxygens (including phenoxy) is 4. The van der Waals surface area contributed by atoms with Crippen molar-refractivity contribution >= 4 is 94.3 Å². The molecule has 2 saturated carbocycles. The first kappa shape index (κ1) is 80.8. The number of Topliss-reactive ketones (excluding diaryl/α,β-unsaturated/α-hetero) is 1. The fourth-order valence-corrected chi connectivity index (χ4v) is 18.8. The highest BCUT2D eigenvalue weighted by Gasteiger charge is 2.46. The van der Waals surface area contributed by atoms with E-state index in [1.165, 1.54) is 33.8 Å². The van der Waals surface area contributed by atoms with Crippen LogP contribution in [-0.2, 0) is 90.4 Å². The molecule has 0 radical (unpaired) electrons. The van der Waals surface area contributed by atoms with Gasteiger partial charge >= 0.3 is 33.9 Å². The van der Waals surface area contributed by atoms with Gasteiger partial charge < -0.3 is 39.2 Å². The minimum absolute atomic E-state index is 0.00932. The van der Waals surface area contributed by atoms with Crippen LogP contribution < -0.4 is 5.14 Å². The lowest BCUT2D eigenvalue weighted by molar-refractivity contribution is -0.150. The summed E-state index contributed by atoms with van der Waals surface area (Å²) in [4.78, 5) is 73.9. The molecule has 24 nitrogen and oxygen atoms in total. The number of carbonyl (C=O) groups excluding carboxylic acids is 6. The Morgan fingerprint density at radius 1 is 0.771 bits per heavy atom. The Hall–Kier alpha value is -5.92. The second-order valence-corrected chi connectivity index (χ2v) is 33.0. The minimum Gasteiger partial charge on any atom is -0.465 e. The van der Waals surface area contributed by atoms with Crippen LogP contribution >= 0.6 is 22.7 Å². The number of aromatic nitrogens is 2. The average molecular weight is 1440 g/mol. The lowest BCUT2D eigenvalue weighted by Crippen LogP contribution is -2.40. The number of rotatable bonds is 37. The standard InChI is InChI=1S/C37H50N2O10S3.C30H47N3O9S2/c1-5-39(32-21-24(2)51(44,45)37-31(32)22-36(50-37)52(38,46)47)35(43)16-12-7-6-11-15-29-30(34(49-26(4)41)23-33(29)48-25(3)40)20-19-28(42)18-17-27-13-9-8-10-14-27;1-4-5-8-12-23(36)15-16-24-25(27(20-26(24)37)42-22(3)35)13-9-6-7-10-14-29(38)41-18-11-17-31-44(39,40)30-33-32-28(43-30)19-21(2)34/h6,8-11,13-14,19-20,22,24,28-30,32-34,42H,5,7,12,15-18,21,23H2,1-4H3,(H2,38,46,47);6,9,17,23-27,36-37H,4-5,7-8,10-16,18-20H2,1-3H3/b11-6-,20-19+;9-6-,31-17?/t24-,28-,29+,30+,32-,33-,34+;23-,24+,25+,26+,27-/m00/s1. The smallest absolute Gasteiger partial charge is 0.311 e. The molecule has 96 heavy (non-hydrogen) atoms. The van der Waals surface area contributed by atoms with E-state index in [0.717, 1.165) is 48.8 Å². The zero-order valence-electron chi connectivity index (χ0n) is 56.0. The molecule has 3 heterocycles. The van der Waals surface area contributed by atoms with Gasteiger partial charge in [-0.25, -0.2) is 22.0 Å². The maximum atomic E-state index is 13.5. The predicted octanol–water partition coefficient (Wildman–Crippen LogP) is 9.15. The molecule has 0 bridgehead atoms. The van der Waals surface area contributed by atoms with Crippen LogP contribution in [-0.4, -0.2) is 152 Å². The summed E-state index contributed by atoms with van der Waals surface area (Å²) < 4.78 is 99.5. The number of hydrogen-bond donors (Lipinski definition) is 4. The number of fused-ring (bicyclic) bond motifs is 1. The number of carbonyl (C=O) groups is 6. The average Bonchev–Trinajstić information content (AvgIpc) is 1.54. The monoisotopic (exact) mass is 1440 g/mol. The SMILES string of the molecule is CCCCC[C@H](O)CC[C@@H]1[C@@H](C/C=C\CCCC(=O)OCCC=NS(=O)(=O)c2nnc(CC(C)=O)s2)[C@@H](OC(C)=O)C[C@H]1O.CCN(C(=O)CCC/C=C\C[C@@H]1[C@@H](/C=C/[C@@H](O)CCc2ccccc2)[C@H](OC(C)=O)C[C@@H]1OC(C)=O)[C@H]1C[C@H](C)S(=O)(=O)c2sc(S(N)(=O)=O)cc21. The number of sulfonamides is 2. The van der Waals surface area contributed by atoms with Crippen molar-refractivity contribution in [3.63, 3.8) is 0 Å². The molecule has 0 spiro atoms. The Morgan fingerprint density at radius 3 is 2.03 bits per heavy atom. The van der Waals surface area contributed by atoms with Gasteiger partial charge in [-0.1, -0.05) is 104 Å². The highest BCUT2D eigenvalue weighted by Crippen LogP contribution is 2.46. The second kappa shape index (κ2) is 39.6. The number of hydrogen-bond acceptors (Lipinski definition) is 23. The molecular formula is C67H97N5O19S5. The van der Waals surface area contributed by atoms with Gasteiger partial charge in [0.25, 0.3) is 4.34 Å². The summed E-state index contributed by atoms with van der Waals surface area (Å²) in [6.45, 7) is 11.2. The highest BCUT2D eigenvalue weighted by molar-refractivity contribution is 7.95. The molecule has 2 fully saturated rings.